The number of nitrogens with one attached hydrogen (secondary N) is 2. The summed E-state index contributed by atoms with van der Waals surface area (Å²) in [4.78, 5) is 69.3. The zero-order valence-electron chi connectivity index (χ0n) is 28.0. The minimum Gasteiger partial charge on any atom is -0.398 e. The maximum absolute atomic E-state index is 12.0. The Hall–Kier alpha value is -3.76. The monoisotopic (exact) mass is 834 g/mol. The van der Waals surface area contributed by atoms with Crippen molar-refractivity contribution in [3.05, 3.63) is 77.1 Å². The lowest BCUT2D eigenvalue weighted by molar-refractivity contribution is 0.475. The van der Waals surface area contributed by atoms with E-state index in [4.69, 9.17) is 28.9 Å². The number of nitrogens with zero attached hydrogens (tertiary/aromatic N) is 7. The second-order valence-corrected chi connectivity index (χ2v) is 18.5. The Kier molecular flexibility index (Phi) is 13.7. The Bertz CT molecular complexity index is 2450. The molecule has 52 heavy (non-hydrogen) atoms. The van der Waals surface area contributed by atoms with Crippen molar-refractivity contribution in [3.8, 4) is 23.0 Å². The van der Waals surface area contributed by atoms with Crippen molar-refractivity contribution >= 4 is 95.6 Å². The number of nitrogen functional groups attached to an aromatic ring is 1. The van der Waals surface area contributed by atoms with Gasteiger partial charge in [-0.2, -0.15) is 9.97 Å². The lowest BCUT2D eigenvalue weighted by Gasteiger charge is -2.26. The van der Waals surface area contributed by atoms with E-state index < -0.39 is 27.7 Å². The first-order chi connectivity index (χ1) is 24.4. The van der Waals surface area contributed by atoms with Gasteiger partial charge in [0.1, 0.15) is 0 Å². The summed E-state index contributed by atoms with van der Waals surface area (Å²) in [5, 5.41) is -3.22. The lowest BCUT2D eigenvalue weighted by Crippen LogP contribution is -2.29. The fraction of sp³-hybridized carbons (Fsp3) is 0.333. The number of benzene rings is 2. The average molecular weight is 837 g/mol. The minimum absolute atomic E-state index is 0.138. The maximum atomic E-state index is 12.0. The maximum Gasteiger partial charge on any atom is 0.349 e. The first kappa shape index (κ1) is 41.0. The second-order valence-electron chi connectivity index (χ2n) is 11.1. The molecule has 0 spiro atoms. The molecule has 1 saturated heterocycles. The normalized spacial score (nSPS) is 12.1. The molecule has 4 N–H and O–H groups in total. The van der Waals surface area contributed by atoms with Crippen LogP contribution in [-0.2, 0) is 23.4 Å². The quantitative estimate of drug-likeness (QED) is 0.0716. The molecule has 5 aliphatic heterocycles. The molecule has 0 amide bonds. The Morgan fingerprint density at radius 3 is 1.58 bits per heavy atom. The lowest BCUT2D eigenvalue weighted by atomic mass is 10.1. The van der Waals surface area contributed by atoms with Crippen LogP contribution in [0.4, 0.5) is 11.4 Å². The van der Waals surface area contributed by atoms with Gasteiger partial charge in [-0.25, -0.2) is 19.6 Å². The zero-order valence-corrected chi connectivity index (χ0v) is 32.7. The largest absolute Gasteiger partial charge is 0.398 e. The summed E-state index contributed by atoms with van der Waals surface area (Å²) in [7, 11) is 3.47. The number of hydrogen-bond donors (Lipinski definition) is 3. The molecule has 0 aliphatic carbocycles. The van der Waals surface area contributed by atoms with Crippen molar-refractivity contribution in [2.45, 2.75) is 13.8 Å². The first-order valence-electron chi connectivity index (χ1n) is 15.1. The number of fused-ring (bicyclic) bond motifs is 4. The van der Waals surface area contributed by atoms with E-state index in [1.54, 1.807) is 35.4 Å². The van der Waals surface area contributed by atoms with E-state index >= 15 is 0 Å². The number of halogens is 5. The molecule has 22 heteroatoms. The van der Waals surface area contributed by atoms with Gasteiger partial charge in [0.2, 0.25) is 0 Å². The summed E-state index contributed by atoms with van der Waals surface area (Å²) in [6, 6.07) is 7.42. The molecule has 7 rings (SSSR count). The van der Waals surface area contributed by atoms with Crippen LogP contribution in [0.5, 0.6) is 0 Å². The number of alkyl halides is 2. The first-order valence-corrected chi connectivity index (χ1v) is 20.6. The zero-order chi connectivity index (χ0) is 38.5. The van der Waals surface area contributed by atoms with Gasteiger partial charge >= 0.3 is 16.6 Å². The number of aryl methyl sites for hydroxylation is 4. The highest BCUT2D eigenvalue weighted by atomic mass is 36.0. The highest BCUT2D eigenvalue weighted by Crippen LogP contribution is 2.61. The highest BCUT2D eigenvalue weighted by molar-refractivity contribution is 8.24. The molecule has 16 nitrogen and oxygen atoms in total. The average Bonchev–Trinajstić information content (AvgIpc) is 3.93. The van der Waals surface area contributed by atoms with Gasteiger partial charge in [0.15, 0.2) is 23.0 Å². The Balaban J connectivity index is 0.000000196. The summed E-state index contributed by atoms with van der Waals surface area (Å²) >= 11 is 25.7. The van der Waals surface area contributed by atoms with Gasteiger partial charge in [0, 0.05) is 50.3 Å². The summed E-state index contributed by atoms with van der Waals surface area (Å²) in [5.41, 5.74) is 9.94. The fourth-order valence-electron chi connectivity index (χ4n) is 4.99. The Morgan fingerprint density at radius 1 is 0.769 bits per heavy atom. The number of anilines is 2. The van der Waals surface area contributed by atoms with Crippen LogP contribution in [0.3, 0.4) is 0 Å². The second kappa shape index (κ2) is 17.4. The van der Waals surface area contributed by atoms with Crippen LogP contribution in [-0.4, -0.2) is 77.1 Å². The number of epoxide rings is 1. The molecule has 1 fully saturated rings. The summed E-state index contributed by atoms with van der Waals surface area (Å²) < 4.78 is 17.4. The van der Waals surface area contributed by atoms with Crippen molar-refractivity contribution in [1.82, 2.24) is 39.0 Å². The number of hydrogen-bond acceptors (Lipinski definition) is 12. The number of aromatic nitrogens is 8. The molecular weight excluding hydrogens is 805 g/mol. The number of aromatic amines is 2. The van der Waals surface area contributed by atoms with Gasteiger partial charge in [0.05, 0.1) is 35.3 Å². The number of H-pyrrole nitrogens is 2. The third-order valence-electron chi connectivity index (χ3n) is 7.44. The molecule has 5 aliphatic rings. The summed E-state index contributed by atoms with van der Waals surface area (Å²) in [6.45, 7) is 7.16. The number of rotatable bonds is 5. The Morgan fingerprint density at radius 2 is 1.17 bits per heavy atom. The van der Waals surface area contributed by atoms with Crippen LogP contribution in [0.15, 0.2) is 43.4 Å². The van der Waals surface area contributed by atoms with Crippen molar-refractivity contribution in [2.24, 2.45) is 14.1 Å². The van der Waals surface area contributed by atoms with Crippen LogP contribution < -0.4 is 33.1 Å². The minimum atomic E-state index is -3.22. The fourth-order valence-corrected chi connectivity index (χ4v) is 5.40. The topological polar surface area (TPSA) is 220 Å². The van der Waals surface area contributed by atoms with Crippen LogP contribution >= 0.6 is 62.1 Å². The Labute approximate surface area is 319 Å². The van der Waals surface area contributed by atoms with E-state index in [0.29, 0.717) is 47.1 Å². The highest BCUT2D eigenvalue weighted by Gasteiger charge is 2.20. The van der Waals surface area contributed by atoms with Crippen molar-refractivity contribution < 1.29 is 9.30 Å². The van der Waals surface area contributed by atoms with Crippen molar-refractivity contribution in [1.29, 1.82) is 0 Å². The van der Waals surface area contributed by atoms with Crippen LogP contribution in [0, 0.1) is 13.8 Å². The number of nitrogens with two attached hydrogens (primary N) is 1. The molecule has 0 unspecified atom stereocenters. The van der Waals surface area contributed by atoms with Crippen LogP contribution in [0.25, 0.3) is 45.1 Å². The van der Waals surface area contributed by atoms with Gasteiger partial charge in [-0.05, 0) is 83.0 Å². The molecule has 0 aromatic heterocycles. The molecule has 2 aromatic rings. The smallest absolute Gasteiger partial charge is 0.349 e. The molecule has 0 radical (unpaired) electrons. The molecule has 0 bridgehead atoms. The summed E-state index contributed by atoms with van der Waals surface area (Å²) in [6.07, 6.45) is 0. The van der Waals surface area contributed by atoms with Gasteiger partial charge in [-0.1, -0.05) is 0 Å². The van der Waals surface area contributed by atoms with E-state index in [2.05, 4.69) is 73.3 Å². The number of ether oxygens (including phenoxy) is 1. The third kappa shape index (κ3) is 10.4. The van der Waals surface area contributed by atoms with Crippen molar-refractivity contribution in [3.63, 3.8) is 0 Å². The predicted octanol–water partition coefficient (Wildman–Crippen LogP) is 4.55. The molecule has 278 valence electrons. The SMILES string of the molecule is C1CO1.Cc1cc2nc3c(=O)[nH]c(=O)nc-3n(C)c2cc1N.Cc1cc2nc3c(=O)[nH]c(=O)nc-3n(C)c2cc1N(CCCl)CCCl.O=P(Cl)(Cl)Cl. The van der Waals surface area contributed by atoms with Crippen LogP contribution in [0.1, 0.15) is 11.1 Å². The van der Waals surface area contributed by atoms with Gasteiger partial charge < -0.3 is 24.5 Å². The van der Waals surface area contributed by atoms with Crippen molar-refractivity contribution in [2.75, 3.05) is 48.7 Å². The van der Waals surface area contributed by atoms with Gasteiger partial charge in [-0.15, -0.1) is 23.2 Å². The van der Waals surface area contributed by atoms with Gasteiger partial charge in [-0.3, -0.25) is 24.1 Å². The van der Waals surface area contributed by atoms with Gasteiger partial charge in [0.25, 0.3) is 11.1 Å². The molecule has 5 heterocycles. The third-order valence-corrected chi connectivity index (χ3v) is 7.78. The molecule has 0 saturated carbocycles. The standard InChI is InChI=1S/C16H17Cl2N5O2.C12H11N5O2.C2H4O.Cl3OP/c1-9-7-10-12(8-11(9)23(5-3-17)6-4-18)22(2)14-13(19-10)15(24)21-16(25)20-14;1-5-3-7-8(4-6(5)13)17(2)10-9(14-7)11(18)16-12(19)15-10;1-2-3-1;1-5(2,3)4/h7-8H,3-6H2,1-2H3,(H,21,24,25);3-4H,13H2,1-2H3,(H,16,18,19);1-2H2;. The van der Waals surface area contributed by atoms with Crippen LogP contribution in [0.2, 0.25) is 0 Å². The molecular formula is C30H32Cl5N10O6P. The van der Waals surface area contributed by atoms with E-state index in [0.717, 1.165) is 35.5 Å². The van der Waals surface area contributed by atoms with E-state index in [1.807, 2.05) is 26.0 Å². The summed E-state index contributed by atoms with van der Waals surface area (Å²) in [5.74, 6) is 1.45. The van der Waals surface area contributed by atoms with E-state index in [9.17, 15) is 23.7 Å². The molecule has 0 atom stereocenters. The predicted molar refractivity (Wildman–Crippen MR) is 208 cm³/mol. The van der Waals surface area contributed by atoms with E-state index in [-0.39, 0.29) is 23.0 Å². The molecule has 2 aromatic carbocycles. The van der Waals surface area contributed by atoms with E-state index in [1.165, 1.54) is 0 Å².